The normalized spacial score (nSPS) is 36.2. The Hall–Kier alpha value is -0.150. The van der Waals surface area contributed by atoms with Gasteiger partial charge in [0.25, 0.3) is 0 Å². The fourth-order valence-corrected chi connectivity index (χ4v) is 4.18. The molecular formula is C13H22N2S. The Morgan fingerprint density at radius 1 is 1.25 bits per heavy atom. The van der Waals surface area contributed by atoms with Gasteiger partial charge in [0.15, 0.2) is 0 Å². The van der Waals surface area contributed by atoms with E-state index >= 15 is 0 Å². The third kappa shape index (κ3) is 2.12. The molecule has 2 aliphatic carbocycles. The van der Waals surface area contributed by atoms with Crippen LogP contribution in [0.5, 0.6) is 0 Å². The van der Waals surface area contributed by atoms with Crippen LogP contribution in [0.2, 0.25) is 0 Å². The number of fused-ring (bicyclic) bond motifs is 1. The second kappa shape index (κ2) is 3.95. The Kier molecular flexibility index (Phi) is 2.71. The highest BCUT2D eigenvalue weighted by Crippen LogP contribution is 2.50. The van der Waals surface area contributed by atoms with Crippen LogP contribution in [0.15, 0.2) is 0 Å². The lowest BCUT2D eigenvalue weighted by atomic mass is 10.0. The van der Waals surface area contributed by atoms with Gasteiger partial charge in [0.2, 0.25) is 0 Å². The van der Waals surface area contributed by atoms with Crippen LogP contribution >= 0.6 is 12.2 Å². The van der Waals surface area contributed by atoms with Gasteiger partial charge in [-0.15, -0.1) is 0 Å². The quantitative estimate of drug-likeness (QED) is 0.761. The van der Waals surface area contributed by atoms with Crippen molar-refractivity contribution in [2.75, 3.05) is 19.6 Å². The SMILES string of the molecule is NC(=S)CC1(CN2CC3CCCC3C2)CC1. The van der Waals surface area contributed by atoms with Crippen molar-refractivity contribution in [3.63, 3.8) is 0 Å². The predicted molar refractivity (Wildman–Crippen MR) is 70.3 cm³/mol. The van der Waals surface area contributed by atoms with Crippen molar-refractivity contribution < 1.29 is 0 Å². The highest BCUT2D eigenvalue weighted by molar-refractivity contribution is 7.80. The molecule has 2 N–H and O–H groups in total. The second-order valence-electron chi connectivity index (χ2n) is 6.29. The average molecular weight is 238 g/mol. The first-order valence-corrected chi connectivity index (χ1v) is 7.08. The van der Waals surface area contributed by atoms with Crippen molar-refractivity contribution in [1.29, 1.82) is 0 Å². The van der Waals surface area contributed by atoms with E-state index in [0.29, 0.717) is 5.41 Å². The zero-order valence-corrected chi connectivity index (χ0v) is 10.8. The molecule has 1 aliphatic heterocycles. The summed E-state index contributed by atoms with van der Waals surface area (Å²) < 4.78 is 0. The van der Waals surface area contributed by atoms with Gasteiger partial charge in [-0.1, -0.05) is 18.6 Å². The molecule has 2 nitrogen and oxygen atoms in total. The zero-order valence-electron chi connectivity index (χ0n) is 9.95. The summed E-state index contributed by atoms with van der Waals surface area (Å²) in [7, 11) is 0. The number of hydrogen-bond acceptors (Lipinski definition) is 2. The number of nitrogens with two attached hydrogens (primary N) is 1. The molecule has 2 atom stereocenters. The van der Waals surface area contributed by atoms with Crippen molar-refractivity contribution >= 4 is 17.2 Å². The number of rotatable bonds is 4. The maximum atomic E-state index is 5.70. The Balaban J connectivity index is 1.54. The summed E-state index contributed by atoms with van der Waals surface area (Å²) in [6.45, 7) is 3.96. The Labute approximate surface area is 104 Å². The maximum Gasteiger partial charge on any atom is 0.0733 e. The molecule has 0 spiro atoms. The minimum Gasteiger partial charge on any atom is -0.393 e. The van der Waals surface area contributed by atoms with E-state index in [2.05, 4.69) is 4.90 Å². The van der Waals surface area contributed by atoms with Gasteiger partial charge in [0, 0.05) is 26.1 Å². The maximum absolute atomic E-state index is 5.70. The number of nitrogens with zero attached hydrogens (tertiary/aromatic N) is 1. The monoisotopic (exact) mass is 238 g/mol. The van der Waals surface area contributed by atoms with Crippen molar-refractivity contribution in [2.45, 2.75) is 38.5 Å². The van der Waals surface area contributed by atoms with Gasteiger partial charge in [-0.05, 0) is 42.9 Å². The molecule has 3 fully saturated rings. The molecule has 16 heavy (non-hydrogen) atoms. The molecule has 0 aromatic carbocycles. The molecule has 1 saturated heterocycles. The van der Waals surface area contributed by atoms with Gasteiger partial charge < -0.3 is 10.6 Å². The van der Waals surface area contributed by atoms with E-state index in [1.54, 1.807) is 0 Å². The molecule has 3 rings (SSSR count). The van der Waals surface area contributed by atoms with E-state index in [-0.39, 0.29) is 0 Å². The average Bonchev–Trinajstić information content (AvgIpc) is 2.63. The first-order valence-electron chi connectivity index (χ1n) is 6.68. The van der Waals surface area contributed by atoms with E-state index in [1.165, 1.54) is 51.7 Å². The Bertz CT molecular complexity index is 286. The first kappa shape index (κ1) is 11.0. The van der Waals surface area contributed by atoms with Crippen molar-refractivity contribution in [3.8, 4) is 0 Å². The van der Waals surface area contributed by atoms with E-state index < -0.39 is 0 Å². The molecule has 0 radical (unpaired) electrons. The lowest BCUT2D eigenvalue weighted by Gasteiger charge is -2.23. The Morgan fingerprint density at radius 2 is 1.88 bits per heavy atom. The minimum atomic E-state index is 0.491. The van der Waals surface area contributed by atoms with Crippen molar-refractivity contribution in [1.82, 2.24) is 4.90 Å². The molecule has 2 unspecified atom stereocenters. The number of hydrogen-bond donors (Lipinski definition) is 1. The molecule has 2 saturated carbocycles. The van der Waals surface area contributed by atoms with Gasteiger partial charge in [-0.3, -0.25) is 0 Å². The summed E-state index contributed by atoms with van der Waals surface area (Å²) in [6, 6.07) is 0. The predicted octanol–water partition coefficient (Wildman–Crippen LogP) is 2.17. The van der Waals surface area contributed by atoms with Crippen LogP contribution in [-0.2, 0) is 0 Å². The molecular weight excluding hydrogens is 216 g/mol. The fourth-order valence-electron chi connectivity index (χ4n) is 3.87. The summed E-state index contributed by atoms with van der Waals surface area (Å²) in [5.41, 5.74) is 6.19. The van der Waals surface area contributed by atoms with Crippen LogP contribution in [-0.4, -0.2) is 29.5 Å². The van der Waals surface area contributed by atoms with Crippen LogP contribution in [0.3, 0.4) is 0 Å². The van der Waals surface area contributed by atoms with Gasteiger partial charge in [0.1, 0.15) is 0 Å². The highest BCUT2D eigenvalue weighted by atomic mass is 32.1. The van der Waals surface area contributed by atoms with Gasteiger partial charge >= 0.3 is 0 Å². The van der Waals surface area contributed by atoms with E-state index in [4.69, 9.17) is 18.0 Å². The number of thiocarbonyl (C=S) groups is 1. The molecule has 0 aromatic rings. The summed E-state index contributed by atoms with van der Waals surface area (Å²) in [5, 5.41) is 0. The molecule has 3 aliphatic rings. The molecule has 0 aromatic heterocycles. The van der Waals surface area contributed by atoms with Crippen molar-refractivity contribution in [3.05, 3.63) is 0 Å². The molecule has 3 heteroatoms. The van der Waals surface area contributed by atoms with Gasteiger partial charge in [-0.25, -0.2) is 0 Å². The standard InChI is InChI=1S/C13H22N2S/c14-12(16)6-13(4-5-13)9-15-7-10-2-1-3-11(10)8-15/h10-11H,1-9H2,(H2,14,16). The molecule has 90 valence electrons. The molecule has 0 bridgehead atoms. The fraction of sp³-hybridized carbons (Fsp3) is 0.923. The largest absolute Gasteiger partial charge is 0.393 e. The summed E-state index contributed by atoms with van der Waals surface area (Å²) >= 11 is 5.06. The van der Waals surface area contributed by atoms with Gasteiger partial charge in [0.05, 0.1) is 4.99 Å². The summed E-state index contributed by atoms with van der Waals surface area (Å²) in [4.78, 5) is 3.41. The van der Waals surface area contributed by atoms with E-state index in [9.17, 15) is 0 Å². The summed E-state index contributed by atoms with van der Waals surface area (Å²) in [5.74, 6) is 2.03. The summed E-state index contributed by atoms with van der Waals surface area (Å²) in [6.07, 6.45) is 8.09. The second-order valence-corrected chi connectivity index (χ2v) is 6.81. The van der Waals surface area contributed by atoms with Crippen LogP contribution in [0.4, 0.5) is 0 Å². The lowest BCUT2D eigenvalue weighted by Crippen LogP contribution is -2.31. The van der Waals surface area contributed by atoms with Crippen LogP contribution < -0.4 is 5.73 Å². The van der Waals surface area contributed by atoms with Crippen LogP contribution in [0, 0.1) is 17.3 Å². The van der Waals surface area contributed by atoms with Crippen molar-refractivity contribution in [2.24, 2.45) is 23.0 Å². The molecule has 0 amide bonds. The zero-order chi connectivity index (χ0) is 11.2. The third-order valence-corrected chi connectivity index (χ3v) is 5.01. The topological polar surface area (TPSA) is 29.3 Å². The third-order valence-electron chi connectivity index (χ3n) is 4.87. The van der Waals surface area contributed by atoms with E-state index in [1.807, 2.05) is 0 Å². The highest BCUT2D eigenvalue weighted by Gasteiger charge is 2.46. The molecule has 1 heterocycles. The number of likely N-dealkylation sites (tertiary alicyclic amines) is 1. The lowest BCUT2D eigenvalue weighted by molar-refractivity contribution is 0.250. The van der Waals surface area contributed by atoms with Crippen LogP contribution in [0.1, 0.15) is 38.5 Å². The van der Waals surface area contributed by atoms with Gasteiger partial charge in [-0.2, -0.15) is 0 Å². The smallest absolute Gasteiger partial charge is 0.0733 e. The minimum absolute atomic E-state index is 0.491. The van der Waals surface area contributed by atoms with Crippen LogP contribution in [0.25, 0.3) is 0 Å². The first-order chi connectivity index (χ1) is 7.67. The Morgan fingerprint density at radius 3 is 2.38 bits per heavy atom. The van der Waals surface area contributed by atoms with E-state index in [0.717, 1.165) is 23.2 Å².